The molecule has 110 valence electrons. The number of nitrogens with one attached hydrogen (secondary N) is 2. The van der Waals surface area contributed by atoms with E-state index in [4.69, 9.17) is 5.73 Å². The minimum Gasteiger partial charge on any atom is -0.346 e. The second-order valence-corrected chi connectivity index (χ2v) is 5.62. The third kappa shape index (κ3) is 4.97. The summed E-state index contributed by atoms with van der Waals surface area (Å²) in [6, 6.07) is 4.81. The van der Waals surface area contributed by atoms with E-state index in [1.54, 1.807) is 6.07 Å². The quantitative estimate of drug-likeness (QED) is 0.776. The number of hydrogen-bond donors (Lipinski definition) is 3. The molecule has 0 aliphatic carbocycles. The summed E-state index contributed by atoms with van der Waals surface area (Å²) in [6.07, 6.45) is 0. The molecular weight excluding hydrogens is 261 g/mol. The zero-order valence-corrected chi connectivity index (χ0v) is 11.9. The topological polar surface area (TPSA) is 84.2 Å². The van der Waals surface area contributed by atoms with E-state index in [2.05, 4.69) is 10.6 Å². The Morgan fingerprint density at radius 1 is 1.35 bits per heavy atom. The molecule has 20 heavy (non-hydrogen) atoms. The average Bonchev–Trinajstić information content (AvgIpc) is 2.34. The Morgan fingerprint density at radius 3 is 2.55 bits per heavy atom. The lowest BCUT2D eigenvalue weighted by atomic mass is 9.87. The Balaban J connectivity index is 2.46. The number of carbonyl (C=O) groups excluding carboxylic acids is 2. The van der Waals surface area contributed by atoms with Gasteiger partial charge in [0.05, 0.1) is 12.6 Å². The molecule has 0 fully saturated rings. The van der Waals surface area contributed by atoms with Gasteiger partial charge in [-0.15, -0.1) is 0 Å². The molecule has 1 aromatic carbocycles. The van der Waals surface area contributed by atoms with Gasteiger partial charge in [-0.05, 0) is 23.6 Å². The summed E-state index contributed by atoms with van der Waals surface area (Å²) in [7, 11) is 0. The maximum absolute atomic E-state index is 12.9. The third-order valence-corrected chi connectivity index (χ3v) is 2.75. The van der Waals surface area contributed by atoms with Crippen LogP contribution in [0.15, 0.2) is 24.3 Å². The molecule has 6 heteroatoms. The van der Waals surface area contributed by atoms with E-state index in [0.717, 1.165) is 0 Å². The fourth-order valence-electron chi connectivity index (χ4n) is 1.44. The van der Waals surface area contributed by atoms with Gasteiger partial charge >= 0.3 is 0 Å². The molecule has 0 radical (unpaired) electrons. The van der Waals surface area contributed by atoms with Gasteiger partial charge in [0, 0.05) is 5.69 Å². The van der Waals surface area contributed by atoms with Gasteiger partial charge in [0.15, 0.2) is 0 Å². The summed E-state index contributed by atoms with van der Waals surface area (Å²) in [5.74, 6) is -1.28. The van der Waals surface area contributed by atoms with E-state index in [-0.39, 0.29) is 12.0 Å². The van der Waals surface area contributed by atoms with Crippen molar-refractivity contribution in [3.63, 3.8) is 0 Å². The van der Waals surface area contributed by atoms with Crippen molar-refractivity contribution in [3.8, 4) is 0 Å². The predicted molar refractivity (Wildman–Crippen MR) is 75.5 cm³/mol. The van der Waals surface area contributed by atoms with Crippen LogP contribution in [0.1, 0.15) is 20.8 Å². The zero-order chi connectivity index (χ0) is 15.3. The van der Waals surface area contributed by atoms with Crippen LogP contribution in [-0.2, 0) is 9.59 Å². The number of amides is 2. The molecule has 1 atom stereocenters. The molecule has 0 spiro atoms. The third-order valence-electron chi connectivity index (χ3n) is 2.75. The molecule has 0 saturated carbocycles. The minimum absolute atomic E-state index is 0.209. The van der Waals surface area contributed by atoms with Crippen molar-refractivity contribution in [1.29, 1.82) is 0 Å². The number of carbonyl (C=O) groups is 2. The number of anilines is 1. The molecule has 1 rings (SSSR count). The van der Waals surface area contributed by atoms with Crippen LogP contribution >= 0.6 is 0 Å². The minimum atomic E-state index is -0.704. The molecule has 4 N–H and O–H groups in total. The summed E-state index contributed by atoms with van der Waals surface area (Å²) < 4.78 is 12.9. The number of rotatable bonds is 4. The second kappa shape index (κ2) is 6.47. The largest absolute Gasteiger partial charge is 0.346 e. The molecule has 2 amide bonds. The van der Waals surface area contributed by atoms with Gasteiger partial charge < -0.3 is 16.4 Å². The lowest BCUT2D eigenvalue weighted by molar-refractivity contribution is -0.126. The van der Waals surface area contributed by atoms with Crippen LogP contribution in [0, 0.1) is 11.2 Å². The monoisotopic (exact) mass is 281 g/mol. The van der Waals surface area contributed by atoms with Crippen molar-refractivity contribution in [2.24, 2.45) is 11.1 Å². The molecule has 0 aliphatic rings. The predicted octanol–water partition coefficient (Wildman–Crippen LogP) is 1.25. The Morgan fingerprint density at radius 2 is 2.00 bits per heavy atom. The maximum Gasteiger partial charge on any atom is 0.243 e. The van der Waals surface area contributed by atoms with Gasteiger partial charge in [-0.25, -0.2) is 4.39 Å². The van der Waals surface area contributed by atoms with Crippen molar-refractivity contribution in [3.05, 3.63) is 30.1 Å². The van der Waals surface area contributed by atoms with Crippen molar-refractivity contribution in [1.82, 2.24) is 5.32 Å². The average molecular weight is 281 g/mol. The van der Waals surface area contributed by atoms with Crippen LogP contribution in [0.5, 0.6) is 0 Å². The van der Waals surface area contributed by atoms with E-state index < -0.39 is 23.7 Å². The fourth-order valence-corrected chi connectivity index (χ4v) is 1.44. The highest BCUT2D eigenvalue weighted by Gasteiger charge is 2.27. The highest BCUT2D eigenvalue weighted by molar-refractivity contribution is 5.95. The Bertz CT molecular complexity index is 497. The number of halogens is 1. The first-order valence-electron chi connectivity index (χ1n) is 6.29. The summed E-state index contributed by atoms with van der Waals surface area (Å²) in [5.41, 5.74) is 5.71. The van der Waals surface area contributed by atoms with E-state index in [9.17, 15) is 14.0 Å². The lowest BCUT2D eigenvalue weighted by Gasteiger charge is -2.25. The highest BCUT2D eigenvalue weighted by atomic mass is 19.1. The first-order chi connectivity index (χ1) is 9.20. The Labute approximate surface area is 117 Å². The number of nitrogens with two attached hydrogens (primary N) is 1. The van der Waals surface area contributed by atoms with Crippen molar-refractivity contribution < 1.29 is 14.0 Å². The molecule has 0 heterocycles. The second-order valence-electron chi connectivity index (χ2n) is 5.62. The van der Waals surface area contributed by atoms with E-state index in [0.29, 0.717) is 5.69 Å². The van der Waals surface area contributed by atoms with E-state index in [1.807, 2.05) is 20.8 Å². The van der Waals surface area contributed by atoms with Crippen LogP contribution in [0.25, 0.3) is 0 Å². The standard InChI is InChI=1S/C14H20FN3O2/c1-14(2,3)12(16)13(20)17-8-11(19)18-10-6-4-5-9(15)7-10/h4-7,12H,8,16H2,1-3H3,(H,17,20)(H,18,19)/t12-/m1/s1. The summed E-state index contributed by atoms with van der Waals surface area (Å²) in [4.78, 5) is 23.3. The summed E-state index contributed by atoms with van der Waals surface area (Å²) in [6.45, 7) is 5.30. The number of benzene rings is 1. The van der Waals surface area contributed by atoms with Gasteiger partial charge in [-0.3, -0.25) is 9.59 Å². The van der Waals surface area contributed by atoms with Crippen LogP contribution in [-0.4, -0.2) is 24.4 Å². The van der Waals surface area contributed by atoms with Crippen LogP contribution in [0.4, 0.5) is 10.1 Å². The van der Waals surface area contributed by atoms with Crippen LogP contribution < -0.4 is 16.4 Å². The van der Waals surface area contributed by atoms with Gasteiger partial charge in [0.2, 0.25) is 11.8 Å². The zero-order valence-electron chi connectivity index (χ0n) is 11.9. The molecule has 0 aliphatic heterocycles. The van der Waals surface area contributed by atoms with Gasteiger partial charge in [-0.2, -0.15) is 0 Å². The normalized spacial score (nSPS) is 12.7. The SMILES string of the molecule is CC(C)(C)[C@H](N)C(=O)NCC(=O)Nc1cccc(F)c1. The molecule has 5 nitrogen and oxygen atoms in total. The fraction of sp³-hybridized carbons (Fsp3) is 0.429. The lowest BCUT2D eigenvalue weighted by Crippen LogP contribution is -2.50. The maximum atomic E-state index is 12.9. The van der Waals surface area contributed by atoms with E-state index >= 15 is 0 Å². The smallest absolute Gasteiger partial charge is 0.243 e. The van der Waals surface area contributed by atoms with Crippen LogP contribution in [0.3, 0.4) is 0 Å². The first kappa shape index (κ1) is 16.1. The van der Waals surface area contributed by atoms with Crippen molar-refractivity contribution in [2.75, 3.05) is 11.9 Å². The van der Waals surface area contributed by atoms with Crippen LogP contribution in [0.2, 0.25) is 0 Å². The van der Waals surface area contributed by atoms with Gasteiger partial charge in [0.25, 0.3) is 0 Å². The Hall–Kier alpha value is -1.95. The van der Waals surface area contributed by atoms with Gasteiger partial charge in [-0.1, -0.05) is 26.8 Å². The van der Waals surface area contributed by atoms with Crippen molar-refractivity contribution in [2.45, 2.75) is 26.8 Å². The van der Waals surface area contributed by atoms with Gasteiger partial charge in [0.1, 0.15) is 5.82 Å². The summed E-state index contributed by atoms with van der Waals surface area (Å²) in [5, 5.41) is 4.94. The molecular formula is C14H20FN3O2. The van der Waals surface area contributed by atoms with E-state index in [1.165, 1.54) is 18.2 Å². The number of hydrogen-bond acceptors (Lipinski definition) is 3. The highest BCUT2D eigenvalue weighted by Crippen LogP contribution is 2.17. The molecule has 0 aromatic heterocycles. The Kier molecular flexibility index (Phi) is 5.21. The molecule has 0 unspecified atom stereocenters. The molecule has 0 saturated heterocycles. The summed E-state index contributed by atoms with van der Waals surface area (Å²) >= 11 is 0. The van der Waals surface area contributed by atoms with Crippen molar-refractivity contribution >= 4 is 17.5 Å². The molecule has 1 aromatic rings. The first-order valence-corrected chi connectivity index (χ1v) is 6.29. The molecule has 0 bridgehead atoms.